The molecule has 0 saturated heterocycles. The van der Waals surface area contributed by atoms with Gasteiger partial charge in [0.25, 0.3) is 0 Å². The topological polar surface area (TPSA) is 42.3 Å². The number of hydrogen-bond acceptors (Lipinski definition) is 2. The summed E-state index contributed by atoms with van der Waals surface area (Å²) in [5.74, 6) is 0. The largest absolute Gasteiger partial charge is 0.416 e. The van der Waals surface area contributed by atoms with Crippen molar-refractivity contribution in [3.05, 3.63) is 53.3 Å². The van der Waals surface area contributed by atoms with Gasteiger partial charge in [0, 0.05) is 25.0 Å². The average Bonchev–Trinajstić information content (AvgIpc) is 2.95. The summed E-state index contributed by atoms with van der Waals surface area (Å²) in [4.78, 5) is -0.327. The van der Waals surface area contributed by atoms with Crippen LogP contribution < -0.4 is 0 Å². The Kier molecular flexibility index (Phi) is 4.00. The van der Waals surface area contributed by atoms with Crippen LogP contribution in [0.3, 0.4) is 0 Å². The predicted octanol–water partition coefficient (Wildman–Crippen LogP) is 3.58. The van der Waals surface area contributed by atoms with Gasteiger partial charge in [-0.05, 0) is 43.7 Å². The first kappa shape index (κ1) is 17.0. The molecule has 3 rings (SSSR count). The van der Waals surface area contributed by atoms with E-state index in [1.165, 1.54) is 23.4 Å². The predicted molar refractivity (Wildman–Crippen MR) is 82.9 cm³/mol. The van der Waals surface area contributed by atoms with Crippen molar-refractivity contribution < 1.29 is 21.6 Å². The molecule has 2 heterocycles. The zero-order valence-corrected chi connectivity index (χ0v) is 14.0. The molecule has 0 spiro atoms. The minimum atomic E-state index is -4.59. The van der Waals surface area contributed by atoms with Crippen LogP contribution >= 0.6 is 0 Å². The third-order valence-electron chi connectivity index (χ3n) is 4.41. The van der Waals surface area contributed by atoms with Crippen molar-refractivity contribution >= 4 is 10.0 Å². The van der Waals surface area contributed by atoms with Gasteiger partial charge < -0.3 is 4.57 Å². The number of rotatable bonds is 2. The van der Waals surface area contributed by atoms with Crippen molar-refractivity contribution in [3.63, 3.8) is 0 Å². The lowest BCUT2D eigenvalue weighted by Gasteiger charge is -2.34. The van der Waals surface area contributed by atoms with E-state index in [2.05, 4.69) is 0 Å². The molecule has 4 nitrogen and oxygen atoms in total. The van der Waals surface area contributed by atoms with Gasteiger partial charge in [-0.3, -0.25) is 0 Å². The van der Waals surface area contributed by atoms with Crippen LogP contribution in [0.4, 0.5) is 13.2 Å². The fraction of sp³-hybridized carbons (Fsp3) is 0.375. The van der Waals surface area contributed by atoms with E-state index >= 15 is 0 Å². The van der Waals surface area contributed by atoms with E-state index in [1.54, 1.807) is 6.92 Å². The lowest BCUT2D eigenvalue weighted by atomic mass is 10.1. The molecule has 0 radical (unpaired) electrons. The normalized spacial score (nSPS) is 19.3. The Morgan fingerprint density at radius 1 is 1.17 bits per heavy atom. The summed E-state index contributed by atoms with van der Waals surface area (Å²) in [6, 6.07) is 6.38. The lowest BCUT2D eigenvalue weighted by molar-refractivity contribution is -0.138. The number of nitrogens with zero attached hydrogens (tertiary/aromatic N) is 2. The molecular formula is C16H17F3N2O2S. The van der Waals surface area contributed by atoms with Crippen LogP contribution in [0.2, 0.25) is 0 Å². The third-order valence-corrected chi connectivity index (χ3v) is 6.37. The Morgan fingerprint density at radius 2 is 1.88 bits per heavy atom. The highest BCUT2D eigenvalue weighted by Gasteiger charge is 2.37. The summed E-state index contributed by atoms with van der Waals surface area (Å²) in [7, 11) is -4.01. The summed E-state index contributed by atoms with van der Waals surface area (Å²) in [5.41, 5.74) is -0.0911. The summed E-state index contributed by atoms with van der Waals surface area (Å²) in [6.07, 6.45) is -2.72. The first-order valence-electron chi connectivity index (χ1n) is 7.47. The van der Waals surface area contributed by atoms with Gasteiger partial charge >= 0.3 is 6.18 Å². The number of halogens is 3. The van der Waals surface area contributed by atoms with E-state index in [0.29, 0.717) is 6.54 Å². The van der Waals surface area contributed by atoms with Gasteiger partial charge in [-0.1, -0.05) is 6.07 Å². The van der Waals surface area contributed by atoms with Gasteiger partial charge in [0.05, 0.1) is 16.5 Å². The van der Waals surface area contributed by atoms with Gasteiger partial charge in [-0.25, -0.2) is 8.42 Å². The van der Waals surface area contributed by atoms with E-state index in [1.807, 2.05) is 22.9 Å². The number of aromatic nitrogens is 1. The van der Waals surface area contributed by atoms with Crippen molar-refractivity contribution in [3.8, 4) is 0 Å². The molecule has 1 atom stereocenters. The summed E-state index contributed by atoms with van der Waals surface area (Å²) in [5, 5.41) is 0. The van der Waals surface area contributed by atoms with Crippen molar-refractivity contribution in [2.24, 2.45) is 0 Å². The molecule has 1 aliphatic heterocycles. The van der Waals surface area contributed by atoms with Crippen LogP contribution in [0, 0.1) is 6.92 Å². The van der Waals surface area contributed by atoms with E-state index in [9.17, 15) is 21.6 Å². The fourth-order valence-electron chi connectivity index (χ4n) is 3.09. The van der Waals surface area contributed by atoms with Gasteiger partial charge in [-0.15, -0.1) is 0 Å². The van der Waals surface area contributed by atoms with Crippen LogP contribution in [0.25, 0.3) is 0 Å². The van der Waals surface area contributed by atoms with Crippen LogP contribution in [-0.2, 0) is 22.7 Å². The first-order valence-corrected chi connectivity index (χ1v) is 8.91. The lowest BCUT2D eigenvalue weighted by Crippen LogP contribution is -2.40. The number of alkyl halides is 3. The molecule has 0 aliphatic carbocycles. The zero-order chi connectivity index (χ0) is 17.7. The molecule has 0 amide bonds. The van der Waals surface area contributed by atoms with Crippen LogP contribution in [-0.4, -0.2) is 23.8 Å². The molecule has 24 heavy (non-hydrogen) atoms. The molecule has 0 N–H and O–H groups in total. The smallest absolute Gasteiger partial charge is 0.349 e. The first-order chi connectivity index (χ1) is 11.1. The van der Waals surface area contributed by atoms with Crippen LogP contribution in [0.5, 0.6) is 0 Å². The Balaban J connectivity index is 2.03. The maximum absolute atomic E-state index is 13.1. The molecule has 8 heteroatoms. The van der Waals surface area contributed by atoms with Crippen molar-refractivity contribution in [1.82, 2.24) is 8.87 Å². The Labute approximate surface area is 138 Å². The molecule has 0 bridgehead atoms. The van der Waals surface area contributed by atoms with Crippen LogP contribution in [0.15, 0.2) is 41.4 Å². The third kappa shape index (κ3) is 2.73. The van der Waals surface area contributed by atoms with E-state index in [4.69, 9.17) is 0 Å². The second-order valence-corrected chi connectivity index (χ2v) is 7.78. The second-order valence-electron chi connectivity index (χ2n) is 5.89. The number of hydrogen-bond donors (Lipinski definition) is 0. The standard InChI is InChI=1S/C16H17F3N2O2S/c1-11-5-6-13(10-14(11)16(17,18)19)24(22,23)21-9-8-20-7-3-4-15(20)12(21)2/h3-7,10,12H,8-9H2,1-2H3. The summed E-state index contributed by atoms with van der Waals surface area (Å²) >= 11 is 0. The molecular weight excluding hydrogens is 341 g/mol. The van der Waals surface area contributed by atoms with Gasteiger partial charge in [0.15, 0.2) is 0 Å². The molecule has 0 saturated carbocycles. The number of benzene rings is 1. The summed E-state index contributed by atoms with van der Waals surface area (Å²) in [6.45, 7) is 3.75. The van der Waals surface area contributed by atoms with Gasteiger partial charge in [0.2, 0.25) is 10.0 Å². The van der Waals surface area contributed by atoms with Gasteiger partial charge in [-0.2, -0.15) is 17.5 Å². The molecule has 2 aromatic rings. The quantitative estimate of drug-likeness (QED) is 0.823. The Morgan fingerprint density at radius 3 is 2.54 bits per heavy atom. The Hall–Kier alpha value is -1.80. The average molecular weight is 358 g/mol. The van der Waals surface area contributed by atoms with E-state index in [-0.39, 0.29) is 17.0 Å². The summed E-state index contributed by atoms with van der Waals surface area (Å²) < 4.78 is 68.2. The van der Waals surface area contributed by atoms with E-state index < -0.39 is 27.8 Å². The van der Waals surface area contributed by atoms with Crippen molar-refractivity contribution in [1.29, 1.82) is 0 Å². The SMILES string of the molecule is Cc1ccc(S(=O)(=O)N2CCn3cccc3C2C)cc1C(F)(F)F. The highest BCUT2D eigenvalue weighted by Crippen LogP contribution is 2.36. The number of fused-ring (bicyclic) bond motifs is 1. The molecule has 1 unspecified atom stereocenters. The second kappa shape index (κ2) is 5.63. The van der Waals surface area contributed by atoms with Gasteiger partial charge in [0.1, 0.15) is 0 Å². The maximum atomic E-state index is 13.1. The van der Waals surface area contributed by atoms with Crippen molar-refractivity contribution in [2.75, 3.05) is 6.54 Å². The monoisotopic (exact) mass is 358 g/mol. The van der Waals surface area contributed by atoms with E-state index in [0.717, 1.165) is 11.8 Å². The van der Waals surface area contributed by atoms with Crippen molar-refractivity contribution in [2.45, 2.75) is 37.5 Å². The molecule has 0 fully saturated rings. The molecule has 1 aromatic carbocycles. The highest BCUT2D eigenvalue weighted by molar-refractivity contribution is 7.89. The molecule has 130 valence electrons. The number of aryl methyl sites for hydroxylation is 1. The van der Waals surface area contributed by atoms with Crippen LogP contribution in [0.1, 0.15) is 29.8 Å². The fourth-order valence-corrected chi connectivity index (χ4v) is 4.71. The number of sulfonamides is 1. The molecule has 1 aromatic heterocycles. The minimum Gasteiger partial charge on any atom is -0.349 e. The maximum Gasteiger partial charge on any atom is 0.416 e. The highest BCUT2D eigenvalue weighted by atomic mass is 32.2. The zero-order valence-electron chi connectivity index (χ0n) is 13.2. The molecule has 1 aliphatic rings. The minimum absolute atomic E-state index is 0.00187. The Bertz CT molecular complexity index is 872.